The van der Waals surface area contributed by atoms with Gasteiger partial charge in [-0.1, -0.05) is 20.8 Å². The van der Waals surface area contributed by atoms with Crippen LogP contribution in [0.25, 0.3) is 0 Å². The largest absolute Gasteiger partial charge is 0.497 e. The van der Waals surface area contributed by atoms with Gasteiger partial charge in [0.25, 0.3) is 0 Å². The van der Waals surface area contributed by atoms with Crippen molar-refractivity contribution < 1.29 is 14.2 Å². The van der Waals surface area contributed by atoms with E-state index in [0.29, 0.717) is 6.61 Å². The van der Waals surface area contributed by atoms with Gasteiger partial charge in [-0.3, -0.25) is 0 Å². The van der Waals surface area contributed by atoms with Crippen LogP contribution in [-0.2, 0) is 11.3 Å². The van der Waals surface area contributed by atoms with Gasteiger partial charge >= 0.3 is 0 Å². The van der Waals surface area contributed by atoms with Crippen molar-refractivity contribution in [3.05, 3.63) is 23.8 Å². The monoisotopic (exact) mass is 295 g/mol. The molecule has 0 radical (unpaired) electrons. The van der Waals surface area contributed by atoms with Crippen molar-refractivity contribution in [1.29, 1.82) is 0 Å². The first-order valence-corrected chi connectivity index (χ1v) is 7.45. The molecule has 120 valence electrons. The number of methoxy groups -OCH3 is 2. The van der Waals surface area contributed by atoms with E-state index in [-0.39, 0.29) is 5.41 Å². The molecule has 0 saturated heterocycles. The molecule has 0 bridgehead atoms. The van der Waals surface area contributed by atoms with E-state index < -0.39 is 0 Å². The van der Waals surface area contributed by atoms with Crippen molar-refractivity contribution in [1.82, 2.24) is 5.32 Å². The van der Waals surface area contributed by atoms with Crippen molar-refractivity contribution in [2.24, 2.45) is 5.41 Å². The Kier molecular flexibility index (Phi) is 7.54. The second-order valence-electron chi connectivity index (χ2n) is 6.30. The Morgan fingerprint density at radius 2 is 1.86 bits per heavy atom. The summed E-state index contributed by atoms with van der Waals surface area (Å²) in [5.41, 5.74) is 1.39. The topological polar surface area (TPSA) is 39.7 Å². The Bertz CT molecular complexity index is 413. The normalized spacial score (nSPS) is 11.5. The van der Waals surface area contributed by atoms with Crippen LogP contribution in [0.15, 0.2) is 18.2 Å². The molecule has 1 aromatic rings. The highest BCUT2D eigenvalue weighted by Crippen LogP contribution is 2.26. The summed E-state index contributed by atoms with van der Waals surface area (Å²) in [6.07, 6.45) is 1.02. The summed E-state index contributed by atoms with van der Waals surface area (Å²) < 4.78 is 16.3. The molecule has 1 rings (SSSR count). The zero-order valence-electron chi connectivity index (χ0n) is 14.0. The fourth-order valence-corrected chi connectivity index (χ4v) is 1.83. The Balaban J connectivity index is 2.63. The maximum absolute atomic E-state index is 5.94. The fraction of sp³-hybridized carbons (Fsp3) is 0.647. The molecule has 4 heteroatoms. The number of ether oxygens (including phenoxy) is 3. The molecular weight excluding hydrogens is 266 g/mol. The third kappa shape index (κ3) is 7.34. The summed E-state index contributed by atoms with van der Waals surface area (Å²) >= 11 is 0. The number of nitrogens with one attached hydrogen (secondary N) is 1. The average Bonchev–Trinajstić information content (AvgIpc) is 2.43. The smallest absolute Gasteiger partial charge is 0.124 e. The van der Waals surface area contributed by atoms with Gasteiger partial charge in [0, 0.05) is 25.8 Å². The molecule has 1 N–H and O–H groups in total. The molecule has 0 aliphatic carbocycles. The highest BCUT2D eigenvalue weighted by molar-refractivity contribution is 5.40. The number of hydrogen-bond acceptors (Lipinski definition) is 4. The average molecular weight is 295 g/mol. The molecule has 0 atom stereocenters. The van der Waals surface area contributed by atoms with Gasteiger partial charge in [-0.25, -0.2) is 0 Å². The van der Waals surface area contributed by atoms with Crippen molar-refractivity contribution in [2.45, 2.75) is 33.7 Å². The lowest BCUT2D eigenvalue weighted by molar-refractivity contribution is 0.198. The molecule has 0 aliphatic heterocycles. The zero-order chi connectivity index (χ0) is 15.7. The van der Waals surface area contributed by atoms with Crippen LogP contribution in [-0.4, -0.2) is 34.0 Å². The molecule has 0 saturated carbocycles. The van der Waals surface area contributed by atoms with Crippen LogP contribution in [0.4, 0.5) is 0 Å². The first-order chi connectivity index (χ1) is 9.96. The maximum Gasteiger partial charge on any atom is 0.124 e. The Morgan fingerprint density at radius 3 is 2.48 bits per heavy atom. The molecule has 4 nitrogen and oxygen atoms in total. The van der Waals surface area contributed by atoms with Gasteiger partial charge in [0.15, 0.2) is 0 Å². The van der Waals surface area contributed by atoms with Crippen molar-refractivity contribution in [2.75, 3.05) is 34.0 Å². The van der Waals surface area contributed by atoms with E-state index in [2.05, 4.69) is 26.1 Å². The summed E-state index contributed by atoms with van der Waals surface area (Å²) in [5.74, 6) is 1.77. The van der Waals surface area contributed by atoms with Crippen LogP contribution in [0.2, 0.25) is 0 Å². The molecule has 21 heavy (non-hydrogen) atoms. The van der Waals surface area contributed by atoms with Crippen LogP contribution in [0.1, 0.15) is 32.8 Å². The van der Waals surface area contributed by atoms with Crippen molar-refractivity contribution >= 4 is 0 Å². The van der Waals surface area contributed by atoms with Gasteiger partial charge in [0.2, 0.25) is 0 Å². The van der Waals surface area contributed by atoms with Crippen LogP contribution >= 0.6 is 0 Å². The highest BCUT2D eigenvalue weighted by Gasteiger charge is 2.11. The molecule has 0 unspecified atom stereocenters. The summed E-state index contributed by atoms with van der Waals surface area (Å²) in [4.78, 5) is 0. The van der Waals surface area contributed by atoms with E-state index >= 15 is 0 Å². The summed E-state index contributed by atoms with van der Waals surface area (Å²) in [6, 6.07) is 5.94. The van der Waals surface area contributed by atoms with Gasteiger partial charge < -0.3 is 19.5 Å². The SMILES string of the molecule is COCCNCc1cc(OC)ccc1OCCC(C)(C)C. The van der Waals surface area contributed by atoms with E-state index in [1.54, 1.807) is 14.2 Å². The van der Waals surface area contributed by atoms with E-state index in [0.717, 1.165) is 43.2 Å². The maximum atomic E-state index is 5.94. The van der Waals surface area contributed by atoms with E-state index in [1.165, 1.54) is 0 Å². The standard InChI is InChI=1S/C17H29NO3/c1-17(2,3)8-10-21-16-7-6-15(20-5)12-14(16)13-18-9-11-19-4/h6-7,12,18H,8-11,13H2,1-5H3. The van der Waals surface area contributed by atoms with E-state index in [9.17, 15) is 0 Å². The third-order valence-electron chi connectivity index (χ3n) is 3.18. The first-order valence-electron chi connectivity index (χ1n) is 7.45. The number of benzene rings is 1. The summed E-state index contributed by atoms with van der Waals surface area (Å²) in [5, 5.41) is 3.34. The summed E-state index contributed by atoms with van der Waals surface area (Å²) in [7, 11) is 3.38. The quantitative estimate of drug-likeness (QED) is 0.710. The minimum Gasteiger partial charge on any atom is -0.497 e. The Labute approximate surface area is 128 Å². The van der Waals surface area contributed by atoms with E-state index in [1.807, 2.05) is 18.2 Å². The Hall–Kier alpha value is -1.26. The van der Waals surface area contributed by atoms with Crippen LogP contribution in [0, 0.1) is 5.41 Å². The Morgan fingerprint density at radius 1 is 1.10 bits per heavy atom. The van der Waals surface area contributed by atoms with Gasteiger partial charge in [-0.15, -0.1) is 0 Å². The highest BCUT2D eigenvalue weighted by atomic mass is 16.5. The van der Waals surface area contributed by atoms with Gasteiger partial charge in [0.1, 0.15) is 11.5 Å². The minimum absolute atomic E-state index is 0.281. The zero-order valence-corrected chi connectivity index (χ0v) is 14.0. The third-order valence-corrected chi connectivity index (χ3v) is 3.18. The minimum atomic E-state index is 0.281. The molecule has 0 aromatic heterocycles. The fourth-order valence-electron chi connectivity index (χ4n) is 1.83. The van der Waals surface area contributed by atoms with Crippen molar-refractivity contribution in [3.8, 4) is 11.5 Å². The molecule has 0 heterocycles. The van der Waals surface area contributed by atoms with Crippen LogP contribution in [0.5, 0.6) is 11.5 Å². The van der Waals surface area contributed by atoms with Gasteiger partial charge in [-0.2, -0.15) is 0 Å². The molecule has 0 amide bonds. The van der Waals surface area contributed by atoms with Gasteiger partial charge in [0.05, 0.1) is 20.3 Å². The lowest BCUT2D eigenvalue weighted by Gasteiger charge is -2.19. The lowest BCUT2D eigenvalue weighted by atomic mass is 9.93. The second-order valence-corrected chi connectivity index (χ2v) is 6.30. The first kappa shape index (κ1) is 17.8. The second kappa shape index (κ2) is 8.90. The van der Waals surface area contributed by atoms with E-state index in [4.69, 9.17) is 14.2 Å². The van der Waals surface area contributed by atoms with Crippen LogP contribution < -0.4 is 14.8 Å². The molecular formula is C17H29NO3. The van der Waals surface area contributed by atoms with Crippen LogP contribution in [0.3, 0.4) is 0 Å². The number of rotatable bonds is 9. The summed E-state index contributed by atoms with van der Waals surface area (Å²) in [6.45, 7) is 9.64. The molecule has 0 fully saturated rings. The molecule has 0 aliphatic rings. The predicted octanol–water partition coefficient (Wildman–Crippen LogP) is 3.25. The molecule has 0 spiro atoms. The van der Waals surface area contributed by atoms with Crippen molar-refractivity contribution in [3.63, 3.8) is 0 Å². The molecule has 1 aromatic carbocycles. The number of hydrogen-bond donors (Lipinski definition) is 1. The lowest BCUT2D eigenvalue weighted by Crippen LogP contribution is -2.19. The van der Waals surface area contributed by atoms with Gasteiger partial charge in [-0.05, 0) is 30.0 Å². The predicted molar refractivity (Wildman–Crippen MR) is 86.1 cm³/mol.